The zero-order valence-electron chi connectivity index (χ0n) is 12.3. The van der Waals surface area contributed by atoms with Gasteiger partial charge in [-0.3, -0.25) is 4.90 Å². The van der Waals surface area contributed by atoms with Crippen molar-refractivity contribution in [3.63, 3.8) is 0 Å². The van der Waals surface area contributed by atoms with Crippen LogP contribution in [0.15, 0.2) is 24.3 Å². The summed E-state index contributed by atoms with van der Waals surface area (Å²) in [5.74, 6) is 1.80. The highest BCUT2D eigenvalue weighted by Gasteiger charge is 2.16. The average Bonchev–Trinajstić information content (AvgIpc) is 2.43. The minimum absolute atomic E-state index is 0. The molecule has 0 unspecified atom stereocenters. The van der Waals surface area contributed by atoms with Crippen LogP contribution >= 0.6 is 12.4 Å². The number of hydrogen-bond acceptors (Lipinski definition) is 4. The molecule has 1 atom stereocenters. The molecule has 1 N–H and O–H groups in total. The Hall–Kier alpha value is -0.970. The minimum atomic E-state index is 0. The van der Waals surface area contributed by atoms with E-state index in [-0.39, 0.29) is 12.4 Å². The first-order valence-electron chi connectivity index (χ1n) is 7.10. The zero-order chi connectivity index (χ0) is 13.5. The first-order chi connectivity index (χ1) is 9.29. The fourth-order valence-corrected chi connectivity index (χ4v) is 2.29. The van der Waals surface area contributed by atoms with Crippen molar-refractivity contribution in [3.05, 3.63) is 24.3 Å². The third-order valence-corrected chi connectivity index (χ3v) is 3.42. The molecule has 0 spiro atoms. The lowest BCUT2D eigenvalue weighted by Crippen LogP contribution is -2.50. The van der Waals surface area contributed by atoms with Gasteiger partial charge in [0.1, 0.15) is 18.1 Å². The van der Waals surface area contributed by atoms with E-state index in [9.17, 15) is 0 Å². The minimum Gasteiger partial charge on any atom is -0.494 e. The lowest BCUT2D eigenvalue weighted by Gasteiger charge is -2.33. The van der Waals surface area contributed by atoms with Gasteiger partial charge in [0.25, 0.3) is 0 Å². The van der Waals surface area contributed by atoms with Gasteiger partial charge >= 0.3 is 0 Å². The maximum atomic E-state index is 5.77. The van der Waals surface area contributed by atoms with Crippen molar-refractivity contribution in [2.45, 2.75) is 19.9 Å². The molecule has 0 aromatic heterocycles. The maximum Gasteiger partial charge on any atom is 0.119 e. The van der Waals surface area contributed by atoms with Crippen LogP contribution in [0.25, 0.3) is 0 Å². The predicted molar refractivity (Wildman–Crippen MR) is 84.3 cm³/mol. The molecule has 1 heterocycles. The van der Waals surface area contributed by atoms with Gasteiger partial charge in [-0.15, -0.1) is 12.4 Å². The summed E-state index contributed by atoms with van der Waals surface area (Å²) in [6.07, 6.45) is 0. The Labute approximate surface area is 127 Å². The van der Waals surface area contributed by atoms with Crippen LogP contribution in [0.3, 0.4) is 0 Å². The van der Waals surface area contributed by atoms with Crippen LogP contribution in [0.1, 0.15) is 13.8 Å². The maximum absolute atomic E-state index is 5.77. The molecule has 1 aliphatic rings. The lowest BCUT2D eigenvalue weighted by atomic mass is 10.2. The van der Waals surface area contributed by atoms with Crippen LogP contribution in [0.2, 0.25) is 0 Å². The summed E-state index contributed by atoms with van der Waals surface area (Å²) in [7, 11) is 0. The second kappa shape index (κ2) is 9.06. The monoisotopic (exact) mass is 300 g/mol. The number of rotatable bonds is 6. The fourth-order valence-electron chi connectivity index (χ4n) is 2.29. The van der Waals surface area contributed by atoms with Gasteiger partial charge in [0.05, 0.1) is 6.61 Å². The molecule has 1 fully saturated rings. The number of halogens is 1. The van der Waals surface area contributed by atoms with E-state index in [4.69, 9.17) is 9.47 Å². The van der Waals surface area contributed by atoms with Crippen molar-refractivity contribution in [3.8, 4) is 11.5 Å². The summed E-state index contributed by atoms with van der Waals surface area (Å²) < 4.78 is 11.2. The number of hydrogen-bond donors (Lipinski definition) is 1. The topological polar surface area (TPSA) is 33.7 Å². The Morgan fingerprint density at radius 1 is 1.20 bits per heavy atom. The molecule has 114 valence electrons. The third-order valence-electron chi connectivity index (χ3n) is 3.42. The normalized spacial score (nSPS) is 19.2. The highest BCUT2D eigenvalue weighted by molar-refractivity contribution is 5.85. The van der Waals surface area contributed by atoms with Gasteiger partial charge in [-0.25, -0.2) is 0 Å². The van der Waals surface area contributed by atoms with Gasteiger partial charge in [0.15, 0.2) is 0 Å². The van der Waals surface area contributed by atoms with Crippen molar-refractivity contribution in [1.29, 1.82) is 0 Å². The lowest BCUT2D eigenvalue weighted by molar-refractivity contribution is 0.143. The van der Waals surface area contributed by atoms with Crippen molar-refractivity contribution in [2.75, 3.05) is 39.4 Å². The van der Waals surface area contributed by atoms with Crippen LogP contribution in [0, 0.1) is 0 Å². The highest BCUT2D eigenvalue weighted by Crippen LogP contribution is 2.17. The van der Waals surface area contributed by atoms with E-state index in [1.807, 2.05) is 31.2 Å². The Kier molecular flexibility index (Phi) is 7.73. The first kappa shape index (κ1) is 17.1. The molecule has 2 rings (SSSR count). The Morgan fingerprint density at radius 3 is 2.45 bits per heavy atom. The number of piperazine rings is 1. The average molecular weight is 301 g/mol. The molecule has 0 bridgehead atoms. The summed E-state index contributed by atoms with van der Waals surface area (Å²) in [6.45, 7) is 9.90. The van der Waals surface area contributed by atoms with E-state index in [2.05, 4.69) is 17.1 Å². The Morgan fingerprint density at radius 2 is 1.85 bits per heavy atom. The largest absolute Gasteiger partial charge is 0.494 e. The molecule has 0 aliphatic carbocycles. The van der Waals surface area contributed by atoms with Gasteiger partial charge < -0.3 is 14.8 Å². The third kappa shape index (κ3) is 5.19. The van der Waals surface area contributed by atoms with E-state index in [1.165, 1.54) is 0 Å². The van der Waals surface area contributed by atoms with Crippen LogP contribution in [0.5, 0.6) is 11.5 Å². The standard InChI is InChI=1S/C15H24N2O2.ClH/c1-3-18-14-4-6-15(7-5-14)19-11-10-17-9-8-16-12-13(17)2;/h4-7,13,16H,3,8-12H2,1-2H3;1H/t13-;/m0./s1. The number of nitrogens with zero attached hydrogens (tertiary/aromatic N) is 1. The summed E-state index contributed by atoms with van der Waals surface area (Å²) in [4.78, 5) is 2.46. The number of ether oxygens (including phenoxy) is 2. The van der Waals surface area contributed by atoms with Crippen LogP contribution in [-0.4, -0.2) is 50.3 Å². The molecular formula is C15H25ClN2O2. The van der Waals surface area contributed by atoms with Crippen molar-refractivity contribution >= 4 is 12.4 Å². The molecule has 0 amide bonds. The molecular weight excluding hydrogens is 276 g/mol. The second-order valence-electron chi connectivity index (χ2n) is 4.84. The van der Waals surface area contributed by atoms with E-state index in [0.717, 1.165) is 44.3 Å². The van der Waals surface area contributed by atoms with Gasteiger partial charge in [-0.1, -0.05) is 0 Å². The first-order valence-corrected chi connectivity index (χ1v) is 7.10. The molecule has 20 heavy (non-hydrogen) atoms. The smallest absolute Gasteiger partial charge is 0.119 e. The number of nitrogens with one attached hydrogen (secondary N) is 1. The van der Waals surface area contributed by atoms with Gasteiger partial charge in [-0.2, -0.15) is 0 Å². The van der Waals surface area contributed by atoms with Gasteiger partial charge in [0, 0.05) is 32.2 Å². The summed E-state index contributed by atoms with van der Waals surface area (Å²) in [5, 5.41) is 3.39. The molecule has 4 nitrogen and oxygen atoms in total. The predicted octanol–water partition coefficient (Wildman–Crippen LogP) is 2.18. The molecule has 0 saturated carbocycles. The molecule has 0 radical (unpaired) electrons. The summed E-state index contributed by atoms with van der Waals surface area (Å²) in [6, 6.07) is 8.43. The molecule has 1 aromatic rings. The highest BCUT2D eigenvalue weighted by atomic mass is 35.5. The molecule has 1 aromatic carbocycles. The van der Waals surface area contributed by atoms with E-state index >= 15 is 0 Å². The van der Waals surface area contributed by atoms with Crippen LogP contribution in [-0.2, 0) is 0 Å². The van der Waals surface area contributed by atoms with Gasteiger partial charge in [-0.05, 0) is 38.1 Å². The summed E-state index contributed by atoms with van der Waals surface area (Å²) >= 11 is 0. The van der Waals surface area contributed by atoms with Crippen LogP contribution < -0.4 is 14.8 Å². The Balaban J connectivity index is 0.00000200. The summed E-state index contributed by atoms with van der Waals surface area (Å²) in [5.41, 5.74) is 0. The van der Waals surface area contributed by atoms with E-state index in [0.29, 0.717) is 12.6 Å². The second-order valence-corrected chi connectivity index (χ2v) is 4.84. The molecule has 1 saturated heterocycles. The van der Waals surface area contributed by atoms with Crippen molar-refractivity contribution in [1.82, 2.24) is 10.2 Å². The van der Waals surface area contributed by atoms with Crippen LogP contribution in [0.4, 0.5) is 0 Å². The van der Waals surface area contributed by atoms with Crippen molar-refractivity contribution < 1.29 is 9.47 Å². The SMILES string of the molecule is CCOc1ccc(OCCN2CCNC[C@@H]2C)cc1.Cl. The van der Waals surface area contributed by atoms with Crippen molar-refractivity contribution in [2.24, 2.45) is 0 Å². The van der Waals surface area contributed by atoms with E-state index < -0.39 is 0 Å². The molecule has 1 aliphatic heterocycles. The Bertz CT molecular complexity index is 373. The fraction of sp³-hybridized carbons (Fsp3) is 0.600. The quantitative estimate of drug-likeness (QED) is 0.873. The zero-order valence-corrected chi connectivity index (χ0v) is 13.1. The number of benzene rings is 1. The van der Waals surface area contributed by atoms with Gasteiger partial charge in [0.2, 0.25) is 0 Å². The van der Waals surface area contributed by atoms with E-state index in [1.54, 1.807) is 0 Å². The molecule has 5 heteroatoms.